The zero-order valence-electron chi connectivity index (χ0n) is 9.00. The number of carbonyl (C=O) groups is 1. The predicted molar refractivity (Wildman–Crippen MR) is 55.0 cm³/mol. The van der Waals surface area contributed by atoms with Crippen molar-refractivity contribution in [3.8, 4) is 0 Å². The molecule has 90 valence electrons. The first-order valence-electron chi connectivity index (χ1n) is 4.59. The Morgan fingerprint density at radius 2 is 2.31 bits per heavy atom. The van der Waals surface area contributed by atoms with E-state index in [2.05, 4.69) is 14.9 Å². The predicted octanol–water partition coefficient (Wildman–Crippen LogP) is -0.407. The quantitative estimate of drug-likeness (QED) is 0.714. The van der Waals surface area contributed by atoms with Gasteiger partial charge >= 0.3 is 5.97 Å². The fraction of sp³-hybridized carbons (Fsp3) is 0.500. The van der Waals surface area contributed by atoms with Gasteiger partial charge in [-0.05, 0) is 6.92 Å². The molecule has 0 atom stereocenters. The van der Waals surface area contributed by atoms with E-state index in [1.165, 1.54) is 19.4 Å². The van der Waals surface area contributed by atoms with Crippen molar-refractivity contribution in [3.05, 3.63) is 12.4 Å². The number of sulfonamides is 1. The average molecular weight is 247 g/mol. The lowest BCUT2D eigenvalue weighted by atomic mass is 10.6. The number of aromatic amines is 1. The molecule has 1 aromatic heterocycles. The molecule has 0 saturated heterocycles. The van der Waals surface area contributed by atoms with Crippen molar-refractivity contribution in [2.45, 2.75) is 11.8 Å². The van der Waals surface area contributed by atoms with E-state index >= 15 is 0 Å². The van der Waals surface area contributed by atoms with Gasteiger partial charge in [-0.2, -0.15) is 9.40 Å². The lowest BCUT2D eigenvalue weighted by Gasteiger charge is -2.14. The van der Waals surface area contributed by atoms with E-state index in [1.807, 2.05) is 0 Å². The van der Waals surface area contributed by atoms with Gasteiger partial charge in [0.05, 0.1) is 12.8 Å². The van der Waals surface area contributed by atoms with Gasteiger partial charge < -0.3 is 4.74 Å². The van der Waals surface area contributed by atoms with E-state index in [1.54, 1.807) is 6.92 Å². The van der Waals surface area contributed by atoms with Crippen LogP contribution in [0.4, 0.5) is 0 Å². The van der Waals surface area contributed by atoms with Crippen LogP contribution in [-0.2, 0) is 19.6 Å². The van der Waals surface area contributed by atoms with Crippen LogP contribution >= 0.6 is 0 Å². The molecule has 16 heavy (non-hydrogen) atoms. The summed E-state index contributed by atoms with van der Waals surface area (Å²) in [7, 11) is -2.37. The van der Waals surface area contributed by atoms with Crippen LogP contribution in [-0.4, -0.2) is 49.1 Å². The molecule has 0 aliphatic heterocycles. The zero-order chi connectivity index (χ0) is 12.2. The Kier molecular flexibility index (Phi) is 4.02. The highest BCUT2D eigenvalue weighted by Gasteiger charge is 2.24. The third-order valence-electron chi connectivity index (χ3n) is 1.84. The smallest absolute Gasteiger partial charge is 0.321 e. The van der Waals surface area contributed by atoms with E-state index in [9.17, 15) is 13.2 Å². The standard InChI is InChI=1S/C8H13N3O4S/c1-3-15-8(12)6-11(2)16(13,14)7-4-9-10-5-7/h4-5H,3,6H2,1-2H3,(H,9,10). The summed E-state index contributed by atoms with van der Waals surface area (Å²) in [5.74, 6) is -0.586. The van der Waals surface area contributed by atoms with Crippen molar-refractivity contribution in [3.63, 3.8) is 0 Å². The second-order valence-electron chi connectivity index (χ2n) is 3.00. The number of rotatable bonds is 5. The number of aromatic nitrogens is 2. The van der Waals surface area contributed by atoms with Crippen molar-refractivity contribution in [1.29, 1.82) is 0 Å². The number of esters is 1. The summed E-state index contributed by atoms with van der Waals surface area (Å²) in [5.41, 5.74) is 0. The number of hydrogen-bond donors (Lipinski definition) is 1. The summed E-state index contributed by atoms with van der Waals surface area (Å²) in [6, 6.07) is 0. The number of hydrogen-bond acceptors (Lipinski definition) is 5. The highest BCUT2D eigenvalue weighted by atomic mass is 32.2. The highest BCUT2D eigenvalue weighted by molar-refractivity contribution is 7.89. The maximum Gasteiger partial charge on any atom is 0.321 e. The molecule has 0 radical (unpaired) electrons. The van der Waals surface area contributed by atoms with E-state index in [0.717, 1.165) is 4.31 Å². The first kappa shape index (κ1) is 12.7. The van der Waals surface area contributed by atoms with Gasteiger partial charge in [-0.15, -0.1) is 0 Å². The molecule has 7 nitrogen and oxygen atoms in total. The average Bonchev–Trinajstić information content (AvgIpc) is 2.70. The van der Waals surface area contributed by atoms with Crippen LogP contribution in [0.2, 0.25) is 0 Å². The first-order chi connectivity index (χ1) is 7.48. The fourth-order valence-corrected chi connectivity index (χ4v) is 2.06. The Hall–Kier alpha value is -1.41. The van der Waals surface area contributed by atoms with Crippen LogP contribution < -0.4 is 0 Å². The molecule has 0 bridgehead atoms. The molecule has 0 fully saturated rings. The van der Waals surface area contributed by atoms with Crippen molar-refractivity contribution in [2.24, 2.45) is 0 Å². The number of likely N-dealkylation sites (N-methyl/N-ethyl adjacent to an activating group) is 1. The third kappa shape index (κ3) is 2.80. The summed E-state index contributed by atoms with van der Waals surface area (Å²) in [4.78, 5) is 11.1. The Morgan fingerprint density at radius 1 is 1.62 bits per heavy atom. The maximum absolute atomic E-state index is 11.8. The molecule has 0 amide bonds. The van der Waals surface area contributed by atoms with Crippen LogP contribution in [0.3, 0.4) is 0 Å². The van der Waals surface area contributed by atoms with Gasteiger partial charge in [0.15, 0.2) is 0 Å². The third-order valence-corrected chi connectivity index (χ3v) is 3.61. The van der Waals surface area contributed by atoms with Gasteiger partial charge in [0.2, 0.25) is 10.0 Å². The molecule has 1 heterocycles. The summed E-state index contributed by atoms with van der Waals surface area (Å²) in [5, 5.41) is 5.94. The van der Waals surface area contributed by atoms with Crippen molar-refractivity contribution >= 4 is 16.0 Å². The zero-order valence-corrected chi connectivity index (χ0v) is 9.82. The van der Waals surface area contributed by atoms with E-state index in [4.69, 9.17) is 0 Å². The topological polar surface area (TPSA) is 92.4 Å². The van der Waals surface area contributed by atoms with E-state index < -0.39 is 16.0 Å². The fourth-order valence-electron chi connectivity index (χ4n) is 1.03. The molecule has 0 aliphatic rings. The second kappa shape index (κ2) is 5.08. The van der Waals surface area contributed by atoms with E-state index in [0.29, 0.717) is 0 Å². The van der Waals surface area contributed by atoms with Gasteiger partial charge in [0.25, 0.3) is 0 Å². The second-order valence-corrected chi connectivity index (χ2v) is 5.04. The normalized spacial score (nSPS) is 11.7. The minimum atomic E-state index is -3.67. The van der Waals surface area contributed by atoms with Crippen LogP contribution in [0.5, 0.6) is 0 Å². The van der Waals surface area contributed by atoms with Gasteiger partial charge in [0.1, 0.15) is 11.4 Å². The summed E-state index contributed by atoms with van der Waals surface area (Å²) < 4.78 is 29.2. The molecule has 1 rings (SSSR count). The molecule has 0 spiro atoms. The monoisotopic (exact) mass is 247 g/mol. The largest absolute Gasteiger partial charge is 0.465 e. The molecule has 8 heteroatoms. The molecule has 1 N–H and O–H groups in total. The van der Waals surface area contributed by atoms with Gasteiger partial charge in [-0.25, -0.2) is 8.42 Å². The highest BCUT2D eigenvalue weighted by Crippen LogP contribution is 2.11. The number of ether oxygens (including phenoxy) is 1. The van der Waals surface area contributed by atoms with Crippen LogP contribution in [0.15, 0.2) is 17.3 Å². The minimum absolute atomic E-state index is 0.0132. The number of nitrogens with zero attached hydrogens (tertiary/aromatic N) is 2. The minimum Gasteiger partial charge on any atom is -0.465 e. The van der Waals surface area contributed by atoms with E-state index in [-0.39, 0.29) is 18.0 Å². The first-order valence-corrected chi connectivity index (χ1v) is 6.03. The molecule has 0 aliphatic carbocycles. The molecular weight excluding hydrogens is 234 g/mol. The summed E-state index contributed by atoms with van der Waals surface area (Å²) >= 11 is 0. The Morgan fingerprint density at radius 3 is 2.81 bits per heavy atom. The summed E-state index contributed by atoms with van der Waals surface area (Å²) in [6.07, 6.45) is 2.42. The SMILES string of the molecule is CCOC(=O)CN(C)S(=O)(=O)c1cn[nH]c1. The lowest BCUT2D eigenvalue weighted by molar-refractivity contribution is -0.143. The van der Waals surface area contributed by atoms with Crippen LogP contribution in [0.1, 0.15) is 6.92 Å². The lowest BCUT2D eigenvalue weighted by Crippen LogP contribution is -2.32. The number of H-pyrrole nitrogens is 1. The molecule has 0 unspecified atom stereocenters. The maximum atomic E-state index is 11.8. The van der Waals surface area contributed by atoms with Gasteiger partial charge in [0, 0.05) is 13.2 Å². The van der Waals surface area contributed by atoms with Crippen LogP contribution in [0.25, 0.3) is 0 Å². The molecular formula is C8H13N3O4S. The summed E-state index contributed by atoms with van der Waals surface area (Å²) in [6.45, 7) is 1.56. The number of carbonyl (C=O) groups excluding carboxylic acids is 1. The molecule has 0 aromatic carbocycles. The van der Waals surface area contributed by atoms with Crippen molar-refractivity contribution < 1.29 is 17.9 Å². The Bertz CT molecular complexity index is 440. The van der Waals surface area contributed by atoms with Gasteiger partial charge in [-0.1, -0.05) is 0 Å². The van der Waals surface area contributed by atoms with Crippen LogP contribution in [0, 0.1) is 0 Å². The van der Waals surface area contributed by atoms with Gasteiger partial charge in [-0.3, -0.25) is 9.89 Å². The van der Waals surface area contributed by atoms with Crippen molar-refractivity contribution in [1.82, 2.24) is 14.5 Å². The molecule has 0 saturated carbocycles. The molecule has 1 aromatic rings. The Balaban J connectivity index is 2.74. The Labute approximate surface area is 93.4 Å². The number of nitrogens with one attached hydrogen (secondary N) is 1. The van der Waals surface area contributed by atoms with Crippen molar-refractivity contribution in [2.75, 3.05) is 20.2 Å².